The number of hydrogen-bond acceptors (Lipinski definition) is 8. The summed E-state index contributed by atoms with van der Waals surface area (Å²) in [5.74, 6) is 5.74. The molecule has 0 saturated carbocycles. The van der Waals surface area contributed by atoms with Gasteiger partial charge in [0.25, 0.3) is 0 Å². The van der Waals surface area contributed by atoms with Crippen molar-refractivity contribution in [3.05, 3.63) is 231 Å². The summed E-state index contributed by atoms with van der Waals surface area (Å²) in [4.78, 5) is 0. The number of benzene rings is 8. The van der Waals surface area contributed by atoms with Crippen molar-refractivity contribution in [3.63, 3.8) is 0 Å². The molecule has 8 nitrogen and oxygen atoms in total. The molecule has 2 N–H and O–H groups in total. The smallest absolute Gasteiger partial charge is 1.00 e. The molecule has 14 rings (SSSR count). The van der Waals surface area contributed by atoms with E-state index in [1.165, 1.54) is 66.8 Å². The normalized spacial score (nSPS) is 13.9. The first-order valence-electron chi connectivity index (χ1n) is 39.6. The topological polar surface area (TPSA) is 95.8 Å². The van der Waals surface area contributed by atoms with Gasteiger partial charge < -0.3 is 87.0 Å². The Morgan fingerprint density at radius 1 is 0.195 bits per heavy atom. The number of phenolic OH excluding ortho intramolecular Hbond substituents is 2. The predicted octanol–water partition coefficient (Wildman–Crippen LogP) is 23.2. The van der Waals surface area contributed by atoms with Crippen LogP contribution in [-0.2, 0) is 136 Å². The molecule has 0 aromatic heterocycles. The maximum Gasteiger partial charge on any atom is 2.00 e. The van der Waals surface area contributed by atoms with E-state index in [1.54, 1.807) is 0 Å². The minimum absolute atomic E-state index is 0. The summed E-state index contributed by atoms with van der Waals surface area (Å²) in [5, 5.41) is 24.2. The van der Waals surface area contributed by atoms with Crippen molar-refractivity contribution in [3.8, 4) is 46.0 Å². The van der Waals surface area contributed by atoms with Crippen LogP contribution in [0.2, 0.25) is 0 Å². The van der Waals surface area contributed by atoms with Gasteiger partial charge in [-0.15, -0.1) is 0 Å². The number of hydrogen-bond donors (Lipinski definition) is 2. The summed E-state index contributed by atoms with van der Waals surface area (Å²) < 4.78 is 37.3. The second-order valence-electron chi connectivity index (χ2n) is 38.9. The van der Waals surface area contributed by atoms with E-state index in [4.69, 9.17) is 236 Å². The van der Waals surface area contributed by atoms with Crippen LogP contribution in [0.3, 0.4) is 0 Å². The Hall–Kier alpha value is 0.725. The number of phenols is 2. The summed E-state index contributed by atoms with van der Waals surface area (Å²) in [7, 11) is -3.69. The minimum atomic E-state index is -1.84. The molecular formula is C94H112Cl22O8P2Pd2. The molecule has 720 valence electrons. The number of rotatable bonds is 0. The Balaban J connectivity index is 0.000000984. The Labute approximate surface area is 906 Å². The van der Waals surface area contributed by atoms with Crippen molar-refractivity contribution in [1.29, 1.82) is 0 Å². The van der Waals surface area contributed by atoms with Gasteiger partial charge in [-0.3, -0.25) is 0 Å². The van der Waals surface area contributed by atoms with Crippen LogP contribution >= 0.6 is 226 Å². The molecule has 8 aromatic rings. The fourth-order valence-corrected chi connectivity index (χ4v) is 17.1. The van der Waals surface area contributed by atoms with Crippen molar-refractivity contribution in [1.82, 2.24) is 0 Å². The molecule has 8 aromatic carbocycles. The molecule has 34 heteroatoms. The van der Waals surface area contributed by atoms with Gasteiger partial charge in [-0.25, -0.2) is 0 Å². The van der Waals surface area contributed by atoms with E-state index < -0.39 is 43.0 Å². The summed E-state index contributed by atoms with van der Waals surface area (Å²) in [5.41, 5.74) is 26.5. The quantitative estimate of drug-likeness (QED) is 0.0881. The molecule has 0 amide bonds. The van der Waals surface area contributed by atoms with Crippen LogP contribution in [0.15, 0.2) is 97.1 Å². The average molecular weight is 2420 g/mol. The largest absolute Gasteiger partial charge is 2.00 e. The number of fused-ring (bicyclic) bond motifs is 4. The number of aromatic hydroxyl groups is 2. The molecule has 6 aliphatic heterocycles. The third-order valence-corrected chi connectivity index (χ3v) is 23.0. The Kier molecular flexibility index (Phi) is 51.4. The van der Waals surface area contributed by atoms with E-state index in [0.29, 0.717) is 62.9 Å². The fourth-order valence-electron chi connectivity index (χ4n) is 14.5. The fraction of sp³-hybridized carbons (Fsp3) is 0.489. The van der Waals surface area contributed by atoms with Crippen molar-refractivity contribution in [2.24, 2.45) is 0 Å². The van der Waals surface area contributed by atoms with E-state index in [2.05, 4.69) is 263 Å². The van der Waals surface area contributed by atoms with Crippen molar-refractivity contribution >= 4 is 226 Å². The van der Waals surface area contributed by atoms with Crippen LogP contribution in [0, 0.1) is 0 Å². The second-order valence-corrected chi connectivity index (χ2v) is 52.8. The van der Waals surface area contributed by atoms with Gasteiger partial charge in [0, 0.05) is 51.4 Å². The molecule has 0 spiro atoms. The second kappa shape index (κ2) is 51.9. The van der Waals surface area contributed by atoms with Crippen molar-refractivity contribution < 1.29 is 128 Å². The zero-order valence-corrected chi connectivity index (χ0v) is 97.1. The Morgan fingerprint density at radius 3 is 0.359 bits per heavy atom. The van der Waals surface area contributed by atoms with E-state index in [0.717, 1.165) is 101 Å². The third-order valence-electron chi connectivity index (χ3n) is 21.0. The zero-order chi connectivity index (χ0) is 92.3. The number of alkyl halides is 18. The van der Waals surface area contributed by atoms with E-state index in [-0.39, 0.29) is 134 Å². The van der Waals surface area contributed by atoms with Crippen LogP contribution in [0.4, 0.5) is 0 Å². The molecule has 0 fully saturated rings. The number of halogens is 22. The van der Waals surface area contributed by atoms with Crippen LogP contribution in [-0.4, -0.2) is 36.0 Å². The average Bonchev–Trinajstić information content (AvgIpc) is 0.745. The molecule has 12 bridgehead atoms. The standard InChI is InChI=1S/2C44H53O4P.6CHCl3.4ClH.2Pd/c2*1-41(2,3)33-17-25-13-27-19-34(42(4,5)6)21-29-15-31-23-36(44(10,11)12)24-32-16-30-22-35(43(7,8)9)20-28(14-26(18-33)37(25)45)39(30)47-49(46-38(27)29)48-40(31)32;6*2-1(3)4;;;;;;/h2*17-24,45H,13-16H2,1-12H3;6*1H;4*1H;;/q;;;;;;;;;;;;2*+2/p-4. The summed E-state index contributed by atoms with van der Waals surface area (Å²) in [6.07, 6.45) is 4.89. The van der Waals surface area contributed by atoms with Gasteiger partial charge in [0.1, 0.15) is 46.0 Å². The molecule has 0 aliphatic carbocycles. The molecule has 0 unspecified atom stereocenters. The maximum atomic E-state index is 12.1. The molecule has 0 saturated heterocycles. The van der Waals surface area contributed by atoms with Gasteiger partial charge in [0.15, 0.2) is 25.8 Å². The van der Waals surface area contributed by atoms with E-state index >= 15 is 0 Å². The molecule has 6 heterocycles. The van der Waals surface area contributed by atoms with Crippen LogP contribution in [0.5, 0.6) is 46.0 Å². The summed E-state index contributed by atoms with van der Waals surface area (Å²) in [6, 6.07) is 36.6. The van der Waals surface area contributed by atoms with Gasteiger partial charge >= 0.3 is 58.1 Å². The van der Waals surface area contributed by atoms with E-state index in [1.807, 2.05) is 0 Å². The molecular weight excluding hydrogens is 2310 g/mol. The molecule has 128 heavy (non-hydrogen) atoms. The van der Waals surface area contributed by atoms with Gasteiger partial charge in [-0.2, -0.15) is 0 Å². The predicted molar refractivity (Wildman–Crippen MR) is 533 cm³/mol. The first-order valence-corrected chi connectivity index (χ1v) is 49.6. The minimum Gasteiger partial charge on any atom is -1.00 e. The van der Waals surface area contributed by atoms with Crippen LogP contribution in [0.25, 0.3) is 0 Å². The van der Waals surface area contributed by atoms with Crippen LogP contribution in [0.1, 0.15) is 300 Å². The van der Waals surface area contributed by atoms with Crippen molar-refractivity contribution in [2.45, 2.75) is 287 Å². The molecule has 0 radical (unpaired) electrons. The van der Waals surface area contributed by atoms with E-state index in [9.17, 15) is 10.2 Å². The van der Waals surface area contributed by atoms with Crippen LogP contribution < -0.4 is 76.8 Å². The summed E-state index contributed by atoms with van der Waals surface area (Å²) in [6.45, 7) is 54.4. The SMILES string of the molecule is CC(C)(C)c1cc2c(O)c(c1)Cc1cc(C(C)(C)C)cc3c1OP1Oc4c(cc(C(C)(C)C)cc4Cc4cc(C(C)(C)C)cc(c4O1)C3)C2.CC(C)(C)c1cc2c(O)c(c1)Cc1cc(C(C)(C)C)cc3c1OP1Oc4c(cc(C(C)(C)C)cc4Cc4cc(C(C)(C)C)cc(c4O1)C3)C2.ClC(Cl)Cl.ClC(Cl)Cl.ClC(Cl)Cl.ClC(Cl)Cl.ClC(Cl)Cl.ClC(Cl)Cl.[Cl-].[Cl-].[Cl-].[Cl-].[Pd+2].[Pd+2]. The zero-order valence-electron chi connectivity index (χ0n) is 75.5. The Bertz CT molecular complexity index is 4400. The van der Waals surface area contributed by atoms with Gasteiger partial charge in [-0.1, -0.05) is 472 Å². The van der Waals surface area contributed by atoms with Gasteiger partial charge in [0.2, 0.25) is 0 Å². The first kappa shape index (κ1) is 127. The Morgan fingerprint density at radius 2 is 0.273 bits per heavy atom. The van der Waals surface area contributed by atoms with Gasteiger partial charge in [0.05, 0.1) is 0 Å². The molecule has 6 aliphatic rings. The third kappa shape index (κ3) is 37.0. The summed E-state index contributed by atoms with van der Waals surface area (Å²) >= 11 is 86.5. The van der Waals surface area contributed by atoms with Crippen molar-refractivity contribution in [2.75, 3.05) is 0 Å². The van der Waals surface area contributed by atoms with Gasteiger partial charge in [-0.05, 0) is 177 Å². The monoisotopic (exact) mass is 2410 g/mol. The first-order chi connectivity index (χ1) is 55.7. The maximum absolute atomic E-state index is 12.1. The molecule has 0 atom stereocenters.